The number of carboxylic acids is 1. The van der Waals surface area contributed by atoms with Gasteiger partial charge in [0.1, 0.15) is 0 Å². The van der Waals surface area contributed by atoms with Gasteiger partial charge in [0.25, 0.3) is 5.92 Å². The van der Waals surface area contributed by atoms with Crippen molar-refractivity contribution in [2.45, 2.75) is 74.4 Å². The summed E-state index contributed by atoms with van der Waals surface area (Å²) in [5.74, 6) is -10.5. The van der Waals surface area contributed by atoms with Crippen LogP contribution in [-0.2, 0) is 27.8 Å². The first-order valence-electron chi connectivity index (χ1n) is 15.3. The maximum absolute atomic E-state index is 15.1. The zero-order valence-corrected chi connectivity index (χ0v) is 26.0. The summed E-state index contributed by atoms with van der Waals surface area (Å²) in [7, 11) is 2.87. The Hall–Kier alpha value is -3.32. The average molecular weight is 669 g/mol. The fourth-order valence-corrected chi connectivity index (χ4v) is 8.10. The number of allylic oxidation sites excluding steroid dienone is 2. The number of nitrogens with zero attached hydrogens (tertiary/aromatic N) is 3. The van der Waals surface area contributed by atoms with E-state index in [1.165, 1.54) is 43.3 Å². The number of halogens is 6. The predicted molar refractivity (Wildman–Crippen MR) is 157 cm³/mol. The third-order valence-electron chi connectivity index (χ3n) is 10.4. The molecule has 0 radical (unpaired) electrons. The van der Waals surface area contributed by atoms with Crippen molar-refractivity contribution in [2.24, 2.45) is 11.3 Å². The molecule has 3 unspecified atom stereocenters. The highest BCUT2D eigenvalue weighted by Gasteiger charge is 2.68. The first-order valence-corrected chi connectivity index (χ1v) is 15.7. The number of carboxylic acid groups (broad SMARTS) is 1. The zero-order chi connectivity index (χ0) is 33.4. The number of likely N-dealkylation sites (N-methyl/N-ethyl adjacent to an activating group) is 1. The van der Waals surface area contributed by atoms with E-state index in [-0.39, 0.29) is 30.0 Å². The molecular weight excluding hydrogens is 635 g/mol. The summed E-state index contributed by atoms with van der Waals surface area (Å²) in [5, 5.41) is 18.1. The summed E-state index contributed by atoms with van der Waals surface area (Å²) in [4.78, 5) is 45.3. The molecule has 2 aromatic rings. The largest absolute Gasteiger partial charge is 0.480 e. The lowest BCUT2D eigenvalue weighted by Gasteiger charge is -2.43. The van der Waals surface area contributed by atoms with Crippen molar-refractivity contribution in [1.29, 1.82) is 0 Å². The molecule has 1 aliphatic heterocycles. The Kier molecular flexibility index (Phi) is 7.90. The second kappa shape index (κ2) is 11.1. The smallest absolute Gasteiger partial charge is 0.398 e. The van der Waals surface area contributed by atoms with Crippen LogP contribution in [-0.4, -0.2) is 88.1 Å². The molecule has 6 rings (SSSR count). The van der Waals surface area contributed by atoms with Crippen LogP contribution in [0.1, 0.15) is 70.9 Å². The van der Waals surface area contributed by atoms with E-state index in [9.17, 15) is 27.9 Å². The number of ketones is 1. The minimum Gasteiger partial charge on any atom is -0.480 e. The molecule has 1 aromatic heterocycles. The average Bonchev–Trinajstić information content (AvgIpc) is 3.61. The van der Waals surface area contributed by atoms with Crippen LogP contribution in [0.2, 0.25) is 5.02 Å². The van der Waals surface area contributed by atoms with Crippen LogP contribution < -0.4 is 0 Å². The number of amides is 1. The van der Waals surface area contributed by atoms with Crippen LogP contribution in [0.4, 0.5) is 22.0 Å². The van der Waals surface area contributed by atoms with Crippen molar-refractivity contribution >= 4 is 29.3 Å². The van der Waals surface area contributed by atoms with E-state index in [0.717, 1.165) is 29.5 Å². The Bertz CT molecular complexity index is 1620. The molecule has 0 spiro atoms. The Balaban J connectivity index is 1.57. The van der Waals surface area contributed by atoms with E-state index in [4.69, 9.17) is 11.6 Å². The Morgan fingerprint density at radius 1 is 1.13 bits per heavy atom. The highest BCUT2D eigenvalue weighted by Crippen LogP contribution is 2.61. The molecule has 46 heavy (non-hydrogen) atoms. The van der Waals surface area contributed by atoms with Crippen LogP contribution >= 0.6 is 11.6 Å². The van der Waals surface area contributed by atoms with Gasteiger partial charge in [-0.05, 0) is 76.2 Å². The van der Waals surface area contributed by atoms with Crippen LogP contribution in [0, 0.1) is 11.3 Å². The fourth-order valence-electron chi connectivity index (χ4n) is 7.84. The molecule has 1 amide bonds. The SMILES string of the molecule is CN(C)C1CN(C(=O)C2CC=CC(c3n[nH]c4c3CCCC4)[C@@]2(C(=O)O)C(=O)c2c(Cl)cccc2C2(C(F)(F)F)CC2)CC1(F)F. The lowest BCUT2D eigenvalue weighted by Crippen LogP contribution is -2.57. The number of H-pyrrole nitrogens is 1. The number of rotatable bonds is 7. The number of Topliss-reactive ketones (excluding diaryl/α,β-unsaturated/α-hetero) is 1. The van der Waals surface area contributed by atoms with Crippen LogP contribution in [0.3, 0.4) is 0 Å². The Morgan fingerprint density at radius 3 is 2.43 bits per heavy atom. The molecule has 2 fully saturated rings. The molecule has 4 atom stereocenters. The number of benzene rings is 1. The number of likely N-dealkylation sites (tertiary alicyclic amines) is 1. The van der Waals surface area contributed by atoms with E-state index in [1.807, 2.05) is 0 Å². The molecule has 248 valence electrons. The topological polar surface area (TPSA) is 107 Å². The Morgan fingerprint density at radius 2 is 1.83 bits per heavy atom. The monoisotopic (exact) mass is 668 g/mol. The number of alkyl halides is 5. The van der Waals surface area contributed by atoms with Crippen molar-refractivity contribution in [2.75, 3.05) is 27.2 Å². The van der Waals surface area contributed by atoms with Gasteiger partial charge in [0.2, 0.25) is 5.91 Å². The number of carbonyl (C=O) groups is 3. The van der Waals surface area contributed by atoms with Crippen molar-refractivity contribution < 1.29 is 41.4 Å². The van der Waals surface area contributed by atoms with Crippen LogP contribution in [0.25, 0.3) is 0 Å². The predicted octanol–water partition coefficient (Wildman–Crippen LogP) is 5.56. The van der Waals surface area contributed by atoms with Crippen LogP contribution in [0.5, 0.6) is 0 Å². The van der Waals surface area contributed by atoms with Crippen molar-refractivity contribution in [3.05, 3.63) is 63.5 Å². The number of hydrogen-bond acceptors (Lipinski definition) is 5. The van der Waals surface area contributed by atoms with Gasteiger partial charge in [-0.15, -0.1) is 0 Å². The number of carbonyl (C=O) groups excluding carboxylic acids is 2. The van der Waals surface area contributed by atoms with E-state index >= 15 is 13.6 Å². The van der Waals surface area contributed by atoms with E-state index in [2.05, 4.69) is 10.2 Å². The molecule has 2 heterocycles. The number of aliphatic carboxylic acids is 1. The molecule has 1 saturated heterocycles. The number of aromatic nitrogens is 2. The quantitative estimate of drug-likeness (QED) is 0.173. The van der Waals surface area contributed by atoms with E-state index in [0.29, 0.717) is 18.4 Å². The minimum atomic E-state index is -4.77. The summed E-state index contributed by atoms with van der Waals surface area (Å²) in [6.07, 6.45) is -0.0498. The molecule has 1 saturated carbocycles. The number of aryl methyl sites for hydroxylation is 1. The summed E-state index contributed by atoms with van der Waals surface area (Å²) in [6.45, 7) is -1.43. The summed E-state index contributed by atoms with van der Waals surface area (Å²) < 4.78 is 73.7. The highest BCUT2D eigenvalue weighted by atomic mass is 35.5. The zero-order valence-electron chi connectivity index (χ0n) is 25.3. The van der Waals surface area contributed by atoms with Gasteiger partial charge in [-0.2, -0.15) is 18.3 Å². The molecule has 1 aromatic carbocycles. The summed E-state index contributed by atoms with van der Waals surface area (Å²) in [5.41, 5.74) is -4.62. The molecular formula is C32H34ClF5N4O4. The molecule has 8 nitrogen and oxygen atoms in total. The standard InChI is InChI=1S/C32H34ClF5N4O4/c1-41(2)23-15-42(16-30(23,34)35)27(44)20-10-5-9-19(25-17-7-3-4-12-22(17)39-40-25)31(20,28(45)46)26(43)24-18(8-6-11-21(24)33)29(13-14-29)32(36,37)38/h5-6,8-9,11,19-20,23H,3-4,7,10,12-16H2,1-2H3,(H,39,40)(H,45,46)/t19?,20?,23?,31-/m0/s1. The molecule has 3 aliphatic carbocycles. The van der Waals surface area contributed by atoms with Gasteiger partial charge in [-0.1, -0.05) is 35.9 Å². The number of hydrogen-bond donors (Lipinski definition) is 2. The molecule has 14 heteroatoms. The summed E-state index contributed by atoms with van der Waals surface area (Å²) in [6, 6.07) is 2.24. The molecule has 4 aliphatic rings. The van der Waals surface area contributed by atoms with Gasteiger partial charge in [0.15, 0.2) is 11.2 Å². The van der Waals surface area contributed by atoms with Crippen molar-refractivity contribution in [3.63, 3.8) is 0 Å². The van der Waals surface area contributed by atoms with Gasteiger partial charge < -0.3 is 10.0 Å². The minimum absolute atomic E-state index is 0.197. The highest BCUT2D eigenvalue weighted by molar-refractivity contribution is 6.35. The second-order valence-electron chi connectivity index (χ2n) is 13.2. The lowest BCUT2D eigenvalue weighted by atomic mass is 9.56. The van der Waals surface area contributed by atoms with Gasteiger partial charge >= 0.3 is 12.1 Å². The number of aromatic amines is 1. The van der Waals surface area contributed by atoms with Gasteiger partial charge in [0, 0.05) is 23.7 Å². The van der Waals surface area contributed by atoms with Gasteiger partial charge in [0.05, 0.1) is 34.6 Å². The number of fused-ring (bicyclic) bond motifs is 1. The van der Waals surface area contributed by atoms with Crippen molar-refractivity contribution in [1.82, 2.24) is 20.0 Å². The van der Waals surface area contributed by atoms with Gasteiger partial charge in [-0.25, -0.2) is 8.78 Å². The normalized spacial score (nSPS) is 28.3. The van der Waals surface area contributed by atoms with E-state index < -0.39 is 82.7 Å². The maximum atomic E-state index is 15.1. The third kappa shape index (κ3) is 4.79. The Labute approximate surface area is 266 Å². The summed E-state index contributed by atoms with van der Waals surface area (Å²) >= 11 is 6.51. The number of nitrogens with one attached hydrogen (secondary N) is 1. The first kappa shape index (κ1) is 32.6. The molecule has 0 bridgehead atoms. The van der Waals surface area contributed by atoms with Gasteiger partial charge in [-0.3, -0.25) is 24.4 Å². The first-order chi connectivity index (χ1) is 21.6. The van der Waals surface area contributed by atoms with Crippen molar-refractivity contribution in [3.8, 4) is 0 Å². The molecule has 2 N–H and O–H groups in total. The van der Waals surface area contributed by atoms with E-state index in [1.54, 1.807) is 0 Å². The fraction of sp³-hybridized carbons (Fsp3) is 0.562. The van der Waals surface area contributed by atoms with Crippen LogP contribution in [0.15, 0.2) is 30.4 Å². The third-order valence-corrected chi connectivity index (χ3v) is 10.7. The second-order valence-corrected chi connectivity index (χ2v) is 13.6. The maximum Gasteiger partial charge on any atom is 0.398 e. The lowest BCUT2D eigenvalue weighted by molar-refractivity contribution is -0.160.